The molecule has 11 aromatic carbocycles. The smallest absolute Gasteiger partial charge is 0.213 e. The Morgan fingerprint density at radius 1 is 0.250 bits per heavy atom. The molecular formula is C92H87N3O. The van der Waals surface area contributed by atoms with E-state index in [4.69, 9.17) is 4.42 Å². The fourth-order valence-corrected chi connectivity index (χ4v) is 15.9. The third-order valence-electron chi connectivity index (χ3n) is 21.5. The van der Waals surface area contributed by atoms with E-state index < -0.39 is 0 Å². The maximum atomic E-state index is 7.16. The molecule has 0 N–H and O–H groups in total. The van der Waals surface area contributed by atoms with Crippen LogP contribution in [0.5, 0.6) is 0 Å². The summed E-state index contributed by atoms with van der Waals surface area (Å²) in [5.41, 5.74) is 28.6. The number of hydrogen-bond donors (Lipinski definition) is 0. The van der Waals surface area contributed by atoms with E-state index in [-0.39, 0.29) is 32.5 Å². The van der Waals surface area contributed by atoms with Gasteiger partial charge >= 0.3 is 0 Å². The van der Waals surface area contributed by atoms with Crippen molar-refractivity contribution in [2.24, 2.45) is 0 Å². The summed E-state index contributed by atoms with van der Waals surface area (Å²) in [7, 11) is 0. The predicted molar refractivity (Wildman–Crippen MR) is 414 cm³/mol. The van der Waals surface area contributed by atoms with Crippen LogP contribution in [0.1, 0.15) is 158 Å². The summed E-state index contributed by atoms with van der Waals surface area (Å²) >= 11 is 0. The zero-order valence-corrected chi connectivity index (χ0v) is 59.3. The molecular weight excluding hydrogens is 1160 g/mol. The first kappa shape index (κ1) is 60.1. The van der Waals surface area contributed by atoms with Gasteiger partial charge in [-0.2, -0.15) is 0 Å². The molecule has 0 radical (unpaired) electrons. The van der Waals surface area contributed by atoms with Gasteiger partial charge in [0.25, 0.3) is 0 Å². The van der Waals surface area contributed by atoms with Crippen molar-refractivity contribution >= 4 is 109 Å². The first-order chi connectivity index (χ1) is 45.4. The zero-order chi connectivity index (χ0) is 67.0. The van der Waals surface area contributed by atoms with Gasteiger partial charge in [0.1, 0.15) is 5.58 Å². The quantitative estimate of drug-likeness (QED) is 0.169. The summed E-state index contributed by atoms with van der Waals surface area (Å²) in [6, 6.07) is 78.1. The molecule has 0 fully saturated rings. The minimum atomic E-state index is -0.0853. The molecule has 0 saturated heterocycles. The molecule has 0 saturated carbocycles. The van der Waals surface area contributed by atoms with Crippen molar-refractivity contribution in [2.45, 2.75) is 157 Å². The second kappa shape index (κ2) is 20.0. The standard InChI is InChI=1S/C92H87N3O/c1-87(2,3)59-36-53(37-60(49-59)88(4,5)6)56-43-68(52-32-33-76-69(42-52)66-28-22-24-30-75(66)93(76)65-26-20-19-21-27-65)83-70(44-56)71-45-57(54-38-61(89(7,8)9)50-62(39-54)90(10,11)12)47-73-81-77(94(83)84(71)73)34-35-78-82(81)74-48-58(55-40-63(91(13,14)15)51-64(41-55)92(16,17)18)46-72-80-67-29-23-25-31-79(67)96-86(80)95(78)85(72)74/h19-51H,1-18H3. The molecule has 96 heavy (non-hydrogen) atoms. The van der Waals surface area contributed by atoms with E-state index in [0.29, 0.717) is 0 Å². The molecule has 0 unspecified atom stereocenters. The molecule has 0 amide bonds. The van der Waals surface area contributed by atoms with E-state index >= 15 is 0 Å². The van der Waals surface area contributed by atoms with Gasteiger partial charge in [0, 0.05) is 65.1 Å². The number of benzene rings is 11. The van der Waals surface area contributed by atoms with E-state index in [2.05, 4.69) is 338 Å². The molecule has 476 valence electrons. The van der Waals surface area contributed by atoms with Crippen molar-refractivity contribution in [1.29, 1.82) is 0 Å². The number of para-hydroxylation sites is 3. The van der Waals surface area contributed by atoms with Gasteiger partial charge in [-0.15, -0.1) is 0 Å². The molecule has 6 heterocycles. The Kier molecular flexibility index (Phi) is 12.5. The number of nitrogens with zero attached hydrogens (tertiary/aromatic N) is 3. The number of fused-ring (bicyclic) bond motifs is 18. The number of rotatable bonds is 5. The van der Waals surface area contributed by atoms with Crippen LogP contribution in [0.15, 0.2) is 205 Å². The van der Waals surface area contributed by atoms with Gasteiger partial charge in [0.15, 0.2) is 0 Å². The van der Waals surface area contributed by atoms with Gasteiger partial charge in [-0.3, -0.25) is 4.40 Å². The van der Waals surface area contributed by atoms with Crippen LogP contribution in [-0.4, -0.2) is 13.4 Å². The monoisotopic (exact) mass is 1250 g/mol. The molecule has 0 aliphatic carbocycles. The molecule has 6 aromatic heterocycles. The van der Waals surface area contributed by atoms with Crippen molar-refractivity contribution in [3.8, 4) is 50.2 Å². The molecule has 0 spiro atoms. The number of hydrogen-bond acceptors (Lipinski definition) is 1. The Morgan fingerprint density at radius 3 is 1.11 bits per heavy atom. The number of aromatic nitrogens is 3. The van der Waals surface area contributed by atoms with E-state index in [9.17, 15) is 0 Å². The van der Waals surface area contributed by atoms with Gasteiger partial charge < -0.3 is 13.4 Å². The Balaban J connectivity index is 1.07. The van der Waals surface area contributed by atoms with E-state index in [0.717, 1.165) is 27.9 Å². The van der Waals surface area contributed by atoms with Crippen LogP contribution >= 0.6 is 0 Å². The van der Waals surface area contributed by atoms with Crippen molar-refractivity contribution in [2.75, 3.05) is 0 Å². The van der Waals surface area contributed by atoms with Crippen LogP contribution in [0.25, 0.3) is 159 Å². The zero-order valence-electron chi connectivity index (χ0n) is 59.3. The first-order valence-electron chi connectivity index (χ1n) is 34.8. The summed E-state index contributed by atoms with van der Waals surface area (Å²) < 4.78 is 14.8. The minimum Gasteiger partial charge on any atom is -0.439 e. The second-order valence-electron chi connectivity index (χ2n) is 34.4. The van der Waals surface area contributed by atoms with Crippen LogP contribution in [0.4, 0.5) is 0 Å². The summed E-state index contributed by atoms with van der Waals surface area (Å²) in [6.07, 6.45) is 0. The van der Waals surface area contributed by atoms with Gasteiger partial charge in [-0.25, -0.2) is 0 Å². The second-order valence-corrected chi connectivity index (χ2v) is 34.4. The van der Waals surface area contributed by atoms with Crippen molar-refractivity contribution < 1.29 is 4.42 Å². The summed E-state index contributed by atoms with van der Waals surface area (Å²) in [5, 5.41) is 13.5. The SMILES string of the molecule is CC(C)(C)c1cc(-c2cc(-c3ccc4c(c3)c3ccccc3n4-c3ccccc3)c3c(c2)c2cc(-c4cc(C(C)(C)C)cc(C(C)(C)C)c4)cc4c5c6c7cc(-c8cc(C(C)(C)C)cc(C(C)(C)C)c8)cc8c9c%10ccccc%10oc9n(c6ccc5n3c24)c78)cc(C(C)(C)C)c1. The number of furan rings is 1. The lowest BCUT2D eigenvalue weighted by atomic mass is 9.78. The van der Waals surface area contributed by atoms with Crippen molar-refractivity contribution in [1.82, 2.24) is 13.4 Å². The third kappa shape index (κ3) is 9.06. The molecule has 0 atom stereocenters. The highest BCUT2D eigenvalue weighted by Gasteiger charge is 2.32. The third-order valence-corrected chi connectivity index (χ3v) is 21.5. The van der Waals surface area contributed by atoms with E-state index in [1.54, 1.807) is 0 Å². The molecule has 4 nitrogen and oxygen atoms in total. The lowest BCUT2D eigenvalue weighted by Gasteiger charge is -2.26. The molecule has 0 aliphatic rings. The molecule has 17 rings (SSSR count). The highest BCUT2D eigenvalue weighted by atomic mass is 16.3. The van der Waals surface area contributed by atoms with Crippen LogP contribution in [-0.2, 0) is 32.5 Å². The molecule has 4 heteroatoms. The first-order valence-corrected chi connectivity index (χ1v) is 34.8. The summed E-state index contributed by atoms with van der Waals surface area (Å²) in [4.78, 5) is 0. The largest absolute Gasteiger partial charge is 0.439 e. The fourth-order valence-electron chi connectivity index (χ4n) is 15.9. The Bertz CT molecular complexity index is 6010. The van der Waals surface area contributed by atoms with Crippen LogP contribution < -0.4 is 0 Å². The Hall–Kier alpha value is -9.64. The Labute approximate surface area is 564 Å². The van der Waals surface area contributed by atoms with E-state index in [1.807, 2.05) is 0 Å². The molecule has 17 aromatic rings. The maximum Gasteiger partial charge on any atom is 0.213 e. The highest BCUT2D eigenvalue weighted by Crippen LogP contribution is 2.53. The van der Waals surface area contributed by atoms with Crippen molar-refractivity contribution in [3.05, 3.63) is 234 Å². The van der Waals surface area contributed by atoms with Gasteiger partial charge in [-0.1, -0.05) is 240 Å². The Morgan fingerprint density at radius 2 is 0.615 bits per heavy atom. The van der Waals surface area contributed by atoms with Gasteiger partial charge in [0.05, 0.1) is 44.0 Å². The minimum absolute atomic E-state index is 0.0629. The lowest BCUT2D eigenvalue weighted by molar-refractivity contribution is 0.568. The predicted octanol–water partition coefficient (Wildman–Crippen LogP) is 26.3. The van der Waals surface area contributed by atoms with Crippen molar-refractivity contribution in [3.63, 3.8) is 0 Å². The van der Waals surface area contributed by atoms with Crippen LogP contribution in [0.2, 0.25) is 0 Å². The summed E-state index contributed by atoms with van der Waals surface area (Å²) in [5.74, 6) is 0. The summed E-state index contributed by atoms with van der Waals surface area (Å²) in [6.45, 7) is 42.4. The average Bonchev–Trinajstić information content (AvgIpc) is 1.50. The molecule has 0 aliphatic heterocycles. The van der Waals surface area contributed by atoms with Gasteiger partial charge in [0.2, 0.25) is 5.71 Å². The normalized spacial score (nSPS) is 13.5. The topological polar surface area (TPSA) is 26.9 Å². The van der Waals surface area contributed by atoms with E-state index in [1.165, 1.54) is 165 Å². The van der Waals surface area contributed by atoms with Gasteiger partial charge in [-0.05, 0) is 190 Å². The fraction of sp³-hybridized carbons (Fsp3) is 0.261. The average molecular weight is 1250 g/mol. The lowest BCUT2D eigenvalue weighted by Crippen LogP contribution is -2.16. The van der Waals surface area contributed by atoms with Crippen LogP contribution in [0.3, 0.4) is 0 Å². The highest BCUT2D eigenvalue weighted by molar-refractivity contribution is 6.38. The molecule has 0 bridgehead atoms. The van der Waals surface area contributed by atoms with Crippen LogP contribution in [0, 0.1) is 0 Å². The maximum absolute atomic E-state index is 7.16.